The van der Waals surface area contributed by atoms with Crippen molar-refractivity contribution in [2.75, 3.05) is 5.32 Å². The number of hydrogen-bond acceptors (Lipinski definition) is 6. The molecule has 0 saturated carbocycles. The van der Waals surface area contributed by atoms with Crippen LogP contribution in [-0.2, 0) is 11.2 Å². The maximum Gasteiger partial charge on any atom is 0.276 e. The molecule has 0 aromatic heterocycles. The normalized spacial score (nSPS) is 10.1. The van der Waals surface area contributed by atoms with E-state index in [1.165, 1.54) is 23.7 Å². The lowest BCUT2D eigenvalue weighted by atomic mass is 10.1. The van der Waals surface area contributed by atoms with Gasteiger partial charge in [-0.25, -0.2) is 5.48 Å². The minimum atomic E-state index is -0.786. The summed E-state index contributed by atoms with van der Waals surface area (Å²) >= 11 is 0. The Balaban J connectivity index is 2.18. The number of phenolic OH excluding ortho intramolecular Hbond substituents is 3. The fourth-order valence-corrected chi connectivity index (χ4v) is 1.97. The van der Waals surface area contributed by atoms with Crippen LogP contribution in [0.5, 0.6) is 17.2 Å². The third-order valence-corrected chi connectivity index (χ3v) is 3.11. The smallest absolute Gasteiger partial charge is 0.276 e. The quantitative estimate of drug-likeness (QED) is 0.283. The fourth-order valence-electron chi connectivity index (χ4n) is 1.97. The first-order chi connectivity index (χ1) is 10.9. The summed E-state index contributed by atoms with van der Waals surface area (Å²) in [6, 6.07) is 8.46. The third kappa shape index (κ3) is 3.50. The van der Waals surface area contributed by atoms with Gasteiger partial charge in [0.05, 0.1) is 17.7 Å². The molecule has 0 unspecified atom stereocenters. The molecule has 0 radical (unpaired) electrons. The van der Waals surface area contributed by atoms with Gasteiger partial charge in [-0.05, 0) is 18.2 Å². The molecule has 8 nitrogen and oxygen atoms in total. The maximum absolute atomic E-state index is 12.0. The second-order valence-corrected chi connectivity index (χ2v) is 4.65. The molecule has 2 rings (SSSR count). The second kappa shape index (κ2) is 6.67. The number of para-hydroxylation sites is 1. The number of anilines is 1. The van der Waals surface area contributed by atoms with Crippen LogP contribution in [0.15, 0.2) is 36.4 Å². The zero-order chi connectivity index (χ0) is 17.0. The highest BCUT2D eigenvalue weighted by molar-refractivity contribution is 6.03. The van der Waals surface area contributed by atoms with Crippen LogP contribution in [-0.4, -0.2) is 32.3 Å². The number of benzene rings is 2. The lowest BCUT2D eigenvalue weighted by molar-refractivity contribution is -0.115. The molecule has 0 heterocycles. The third-order valence-electron chi connectivity index (χ3n) is 3.11. The number of hydroxylamine groups is 1. The zero-order valence-corrected chi connectivity index (χ0v) is 11.8. The Bertz CT molecular complexity index is 760. The molecule has 0 aliphatic heterocycles. The standard InChI is InChI=1S/C15H14N2O6/c18-11-6-5-8(13(20)14(11)21)7-12(19)16-10-4-2-1-3-9(10)15(22)17-23/h1-6,18,20-21,23H,7H2,(H,16,19)(H,17,22). The van der Waals surface area contributed by atoms with E-state index in [4.69, 9.17) is 5.21 Å². The first-order valence-corrected chi connectivity index (χ1v) is 6.50. The molecule has 8 heteroatoms. The second-order valence-electron chi connectivity index (χ2n) is 4.65. The van der Waals surface area contributed by atoms with Crippen molar-refractivity contribution in [2.45, 2.75) is 6.42 Å². The van der Waals surface area contributed by atoms with Crippen LogP contribution in [0.3, 0.4) is 0 Å². The molecule has 2 aromatic carbocycles. The van der Waals surface area contributed by atoms with E-state index in [2.05, 4.69) is 5.32 Å². The molecule has 120 valence electrons. The Morgan fingerprint density at radius 3 is 2.35 bits per heavy atom. The summed E-state index contributed by atoms with van der Waals surface area (Å²) in [5, 5.41) is 39.5. The first kappa shape index (κ1) is 16.1. The number of hydrogen-bond donors (Lipinski definition) is 6. The molecule has 0 bridgehead atoms. The molecule has 23 heavy (non-hydrogen) atoms. The topological polar surface area (TPSA) is 139 Å². The molecular formula is C15H14N2O6. The van der Waals surface area contributed by atoms with E-state index in [0.29, 0.717) is 0 Å². The van der Waals surface area contributed by atoms with Crippen molar-refractivity contribution in [3.05, 3.63) is 47.5 Å². The Kier molecular flexibility index (Phi) is 4.67. The minimum Gasteiger partial charge on any atom is -0.504 e. The summed E-state index contributed by atoms with van der Waals surface area (Å²) < 4.78 is 0. The van der Waals surface area contributed by atoms with Crippen LogP contribution >= 0.6 is 0 Å². The van der Waals surface area contributed by atoms with Crippen LogP contribution in [0.1, 0.15) is 15.9 Å². The van der Waals surface area contributed by atoms with Crippen molar-refractivity contribution in [3.8, 4) is 17.2 Å². The largest absolute Gasteiger partial charge is 0.504 e. The predicted octanol–water partition coefficient (Wildman–Crippen LogP) is 1.10. The number of carbonyl (C=O) groups excluding carboxylic acids is 2. The van der Waals surface area contributed by atoms with Gasteiger partial charge in [0.15, 0.2) is 11.5 Å². The lowest BCUT2D eigenvalue weighted by Gasteiger charge is -2.11. The molecule has 0 atom stereocenters. The molecule has 0 fully saturated rings. The van der Waals surface area contributed by atoms with Gasteiger partial charge in [-0.2, -0.15) is 0 Å². The van der Waals surface area contributed by atoms with E-state index >= 15 is 0 Å². The molecule has 2 aromatic rings. The van der Waals surface area contributed by atoms with Crippen LogP contribution in [0, 0.1) is 0 Å². The molecular weight excluding hydrogens is 304 g/mol. The van der Waals surface area contributed by atoms with Crippen molar-refractivity contribution >= 4 is 17.5 Å². The summed E-state index contributed by atoms with van der Waals surface area (Å²) in [6.45, 7) is 0. The van der Waals surface area contributed by atoms with Crippen molar-refractivity contribution in [1.29, 1.82) is 0 Å². The van der Waals surface area contributed by atoms with E-state index in [0.717, 1.165) is 6.07 Å². The SMILES string of the molecule is O=C(Cc1ccc(O)c(O)c1O)Nc1ccccc1C(=O)NO. The van der Waals surface area contributed by atoms with Crippen molar-refractivity contribution in [3.63, 3.8) is 0 Å². The van der Waals surface area contributed by atoms with Crippen LogP contribution in [0.25, 0.3) is 0 Å². The molecule has 2 amide bonds. The van der Waals surface area contributed by atoms with E-state index < -0.39 is 29.1 Å². The minimum absolute atomic E-state index is 0.0566. The number of nitrogens with one attached hydrogen (secondary N) is 2. The van der Waals surface area contributed by atoms with Gasteiger partial charge >= 0.3 is 0 Å². The van der Waals surface area contributed by atoms with Gasteiger partial charge in [0.1, 0.15) is 0 Å². The Morgan fingerprint density at radius 2 is 1.65 bits per heavy atom. The van der Waals surface area contributed by atoms with Gasteiger partial charge in [0.25, 0.3) is 5.91 Å². The molecule has 0 spiro atoms. The molecule has 0 saturated heterocycles. The first-order valence-electron chi connectivity index (χ1n) is 6.50. The summed E-state index contributed by atoms with van der Waals surface area (Å²) in [6.07, 6.45) is -0.297. The van der Waals surface area contributed by atoms with Crippen LogP contribution in [0.2, 0.25) is 0 Å². The van der Waals surface area contributed by atoms with E-state index in [1.807, 2.05) is 0 Å². The van der Waals surface area contributed by atoms with Gasteiger partial charge in [-0.15, -0.1) is 0 Å². The van der Waals surface area contributed by atoms with Gasteiger partial charge in [0.2, 0.25) is 11.7 Å². The van der Waals surface area contributed by atoms with Gasteiger partial charge in [-0.1, -0.05) is 18.2 Å². The van der Waals surface area contributed by atoms with Crippen LogP contribution < -0.4 is 10.8 Å². The molecule has 6 N–H and O–H groups in total. The highest BCUT2D eigenvalue weighted by Gasteiger charge is 2.16. The highest BCUT2D eigenvalue weighted by Crippen LogP contribution is 2.37. The van der Waals surface area contributed by atoms with Gasteiger partial charge in [-0.3, -0.25) is 14.8 Å². The summed E-state index contributed by atoms with van der Waals surface area (Å²) in [4.78, 5) is 23.5. The van der Waals surface area contributed by atoms with E-state index in [-0.39, 0.29) is 23.2 Å². The van der Waals surface area contributed by atoms with Crippen molar-refractivity contribution in [2.24, 2.45) is 0 Å². The Labute approximate surface area is 130 Å². The lowest BCUT2D eigenvalue weighted by Crippen LogP contribution is -2.22. The average molecular weight is 318 g/mol. The maximum atomic E-state index is 12.0. The van der Waals surface area contributed by atoms with Gasteiger partial charge in [0, 0.05) is 5.56 Å². The van der Waals surface area contributed by atoms with Crippen LogP contribution in [0.4, 0.5) is 5.69 Å². The van der Waals surface area contributed by atoms with E-state index in [1.54, 1.807) is 12.1 Å². The van der Waals surface area contributed by atoms with Gasteiger partial charge < -0.3 is 20.6 Å². The fraction of sp³-hybridized carbons (Fsp3) is 0.0667. The predicted molar refractivity (Wildman–Crippen MR) is 79.5 cm³/mol. The number of aromatic hydroxyl groups is 3. The number of carbonyl (C=O) groups is 2. The zero-order valence-electron chi connectivity index (χ0n) is 11.8. The van der Waals surface area contributed by atoms with Crippen molar-refractivity contribution < 1.29 is 30.1 Å². The molecule has 0 aliphatic carbocycles. The Hall–Kier alpha value is -3.26. The molecule has 0 aliphatic rings. The monoisotopic (exact) mass is 318 g/mol. The number of phenols is 3. The summed E-state index contributed by atoms with van der Waals surface area (Å²) in [7, 11) is 0. The summed E-state index contributed by atoms with van der Waals surface area (Å²) in [5.74, 6) is -3.16. The summed E-state index contributed by atoms with van der Waals surface area (Å²) in [5.41, 5.74) is 1.80. The number of rotatable bonds is 4. The number of amides is 2. The highest BCUT2D eigenvalue weighted by atomic mass is 16.5. The Morgan fingerprint density at radius 1 is 0.957 bits per heavy atom. The van der Waals surface area contributed by atoms with Crippen molar-refractivity contribution in [1.82, 2.24) is 5.48 Å². The van der Waals surface area contributed by atoms with E-state index in [9.17, 15) is 24.9 Å². The average Bonchev–Trinajstić information content (AvgIpc) is 2.55.